The van der Waals surface area contributed by atoms with Crippen molar-refractivity contribution in [1.82, 2.24) is 5.43 Å². The van der Waals surface area contributed by atoms with Crippen LogP contribution >= 0.6 is 34.8 Å². The fourth-order valence-electron chi connectivity index (χ4n) is 2.61. The Hall–Kier alpha value is -2.58. The standard InChI is InChI=1S/C21H16Cl3N3O3S/c22-16-6-4-5-15(11-16)13-25-26-21(28)14-27(17-9-10-19(23)20(24)12-17)31(29,30)18-7-2-1-3-8-18/h1-13H,14H2,(H,26,28)/b25-13+. The molecule has 0 unspecified atom stereocenters. The van der Waals surface area contributed by atoms with E-state index >= 15 is 0 Å². The van der Waals surface area contributed by atoms with Gasteiger partial charge in [-0.1, -0.05) is 65.1 Å². The van der Waals surface area contributed by atoms with Crippen molar-refractivity contribution in [3.63, 3.8) is 0 Å². The summed E-state index contributed by atoms with van der Waals surface area (Å²) in [6, 6.07) is 18.9. The number of sulfonamides is 1. The largest absolute Gasteiger partial charge is 0.271 e. The van der Waals surface area contributed by atoms with Crippen LogP contribution in [0.15, 0.2) is 82.8 Å². The average Bonchev–Trinajstić information content (AvgIpc) is 2.75. The third-order valence-corrected chi connectivity index (χ3v) is 6.82. The van der Waals surface area contributed by atoms with Crippen LogP contribution in [0, 0.1) is 0 Å². The van der Waals surface area contributed by atoms with Gasteiger partial charge in [0.15, 0.2) is 0 Å². The summed E-state index contributed by atoms with van der Waals surface area (Å²) >= 11 is 17.9. The molecule has 0 radical (unpaired) electrons. The van der Waals surface area contributed by atoms with Crippen molar-refractivity contribution in [2.24, 2.45) is 5.10 Å². The summed E-state index contributed by atoms with van der Waals surface area (Å²) < 4.78 is 27.4. The summed E-state index contributed by atoms with van der Waals surface area (Å²) in [6.07, 6.45) is 1.40. The molecule has 0 aromatic heterocycles. The molecule has 0 saturated carbocycles. The van der Waals surface area contributed by atoms with E-state index in [0.717, 1.165) is 4.31 Å². The third-order valence-electron chi connectivity index (χ3n) is 4.06. The van der Waals surface area contributed by atoms with Crippen LogP contribution < -0.4 is 9.73 Å². The van der Waals surface area contributed by atoms with E-state index in [0.29, 0.717) is 10.6 Å². The molecule has 160 valence electrons. The summed E-state index contributed by atoms with van der Waals surface area (Å²) in [5.41, 5.74) is 3.18. The molecule has 0 aliphatic carbocycles. The maximum absolute atomic E-state index is 13.2. The average molecular weight is 497 g/mol. The first kappa shape index (κ1) is 23.1. The Kier molecular flexibility index (Phi) is 7.56. The number of nitrogens with zero attached hydrogens (tertiary/aromatic N) is 2. The van der Waals surface area contributed by atoms with E-state index in [1.54, 1.807) is 42.5 Å². The molecule has 0 bridgehead atoms. The van der Waals surface area contributed by atoms with Gasteiger partial charge in [-0.3, -0.25) is 9.10 Å². The SMILES string of the molecule is O=C(CN(c1ccc(Cl)c(Cl)c1)S(=O)(=O)c1ccccc1)N/N=C/c1cccc(Cl)c1. The van der Waals surface area contributed by atoms with Crippen molar-refractivity contribution in [2.75, 3.05) is 10.8 Å². The quantitative estimate of drug-likeness (QED) is 0.370. The first-order chi connectivity index (χ1) is 14.8. The smallest absolute Gasteiger partial charge is 0.264 e. The molecule has 1 N–H and O–H groups in total. The summed E-state index contributed by atoms with van der Waals surface area (Å²) in [5, 5.41) is 4.81. The fraction of sp³-hybridized carbons (Fsp3) is 0.0476. The topological polar surface area (TPSA) is 78.8 Å². The van der Waals surface area contributed by atoms with Crippen LogP contribution in [0.25, 0.3) is 0 Å². The highest BCUT2D eigenvalue weighted by molar-refractivity contribution is 7.92. The number of carbonyl (C=O) groups excluding carboxylic acids is 1. The van der Waals surface area contributed by atoms with Crippen molar-refractivity contribution in [1.29, 1.82) is 0 Å². The maximum atomic E-state index is 13.2. The summed E-state index contributed by atoms with van der Waals surface area (Å²) in [4.78, 5) is 12.5. The number of nitrogens with one attached hydrogen (secondary N) is 1. The molecule has 6 nitrogen and oxygen atoms in total. The van der Waals surface area contributed by atoms with Gasteiger partial charge in [-0.2, -0.15) is 5.10 Å². The van der Waals surface area contributed by atoms with Crippen molar-refractivity contribution >= 4 is 62.6 Å². The van der Waals surface area contributed by atoms with E-state index in [2.05, 4.69) is 10.5 Å². The predicted molar refractivity (Wildman–Crippen MR) is 125 cm³/mol. The number of amides is 1. The molecule has 0 aliphatic heterocycles. The Morgan fingerprint density at radius 1 is 0.935 bits per heavy atom. The first-order valence-corrected chi connectivity index (χ1v) is 11.4. The number of halogens is 3. The van der Waals surface area contributed by atoms with E-state index < -0.39 is 22.5 Å². The van der Waals surface area contributed by atoms with Gasteiger partial charge < -0.3 is 0 Å². The minimum absolute atomic E-state index is 0.0244. The Balaban J connectivity index is 1.86. The molecule has 3 rings (SSSR count). The molecule has 10 heteroatoms. The predicted octanol–water partition coefficient (Wildman–Crippen LogP) is 4.99. The molecule has 0 atom stereocenters. The van der Waals surface area contributed by atoms with Gasteiger partial charge in [-0.25, -0.2) is 13.8 Å². The van der Waals surface area contributed by atoms with Gasteiger partial charge in [0, 0.05) is 5.02 Å². The minimum Gasteiger partial charge on any atom is -0.271 e. The van der Waals surface area contributed by atoms with Gasteiger partial charge in [-0.05, 0) is 48.0 Å². The van der Waals surface area contributed by atoms with Gasteiger partial charge in [0.05, 0.1) is 26.8 Å². The molecule has 3 aromatic rings. The van der Waals surface area contributed by atoms with Gasteiger partial charge >= 0.3 is 0 Å². The molecule has 0 fully saturated rings. The second-order valence-corrected chi connectivity index (χ2v) is 9.38. The molecule has 0 spiro atoms. The van der Waals surface area contributed by atoms with E-state index in [-0.39, 0.29) is 20.6 Å². The van der Waals surface area contributed by atoms with Gasteiger partial charge in [-0.15, -0.1) is 0 Å². The van der Waals surface area contributed by atoms with E-state index in [9.17, 15) is 13.2 Å². The highest BCUT2D eigenvalue weighted by atomic mass is 35.5. The van der Waals surface area contributed by atoms with E-state index in [1.807, 2.05) is 0 Å². The van der Waals surface area contributed by atoms with Crippen molar-refractivity contribution in [3.05, 3.63) is 93.4 Å². The number of hydrazone groups is 1. The number of hydrogen-bond acceptors (Lipinski definition) is 4. The Morgan fingerprint density at radius 2 is 1.68 bits per heavy atom. The summed E-state index contributed by atoms with van der Waals surface area (Å²) in [5.74, 6) is -0.649. The van der Waals surface area contributed by atoms with Crippen LogP contribution in [0.2, 0.25) is 15.1 Å². The van der Waals surface area contributed by atoms with Gasteiger partial charge in [0.2, 0.25) is 0 Å². The maximum Gasteiger partial charge on any atom is 0.264 e. The van der Waals surface area contributed by atoms with E-state index in [4.69, 9.17) is 34.8 Å². The lowest BCUT2D eigenvalue weighted by Gasteiger charge is -2.24. The van der Waals surface area contributed by atoms with Crippen molar-refractivity contribution in [2.45, 2.75) is 4.90 Å². The van der Waals surface area contributed by atoms with Crippen LogP contribution in [-0.4, -0.2) is 27.1 Å². The molecule has 0 heterocycles. The molecular weight excluding hydrogens is 481 g/mol. The van der Waals surface area contributed by atoms with E-state index in [1.165, 1.54) is 36.5 Å². The highest BCUT2D eigenvalue weighted by Gasteiger charge is 2.27. The number of rotatable bonds is 7. The third kappa shape index (κ3) is 5.98. The molecule has 3 aromatic carbocycles. The lowest BCUT2D eigenvalue weighted by molar-refractivity contribution is -0.119. The lowest BCUT2D eigenvalue weighted by Crippen LogP contribution is -2.39. The molecular formula is C21H16Cl3N3O3S. The second kappa shape index (κ2) is 10.2. The summed E-state index contributed by atoms with van der Waals surface area (Å²) in [7, 11) is -4.06. The number of benzene rings is 3. The van der Waals surface area contributed by atoms with Crippen molar-refractivity contribution in [3.8, 4) is 0 Å². The summed E-state index contributed by atoms with van der Waals surface area (Å²) in [6.45, 7) is -0.526. The number of carbonyl (C=O) groups is 1. The van der Waals surface area contributed by atoms with Crippen LogP contribution in [0.3, 0.4) is 0 Å². The zero-order valence-corrected chi connectivity index (χ0v) is 19.0. The fourth-order valence-corrected chi connectivity index (χ4v) is 4.53. The molecule has 0 saturated heterocycles. The molecule has 0 aliphatic rings. The zero-order chi connectivity index (χ0) is 22.4. The van der Waals surface area contributed by atoms with Gasteiger partial charge in [0.1, 0.15) is 6.54 Å². The monoisotopic (exact) mass is 495 g/mol. The Bertz CT molecular complexity index is 1220. The number of hydrogen-bond donors (Lipinski definition) is 1. The zero-order valence-electron chi connectivity index (χ0n) is 15.9. The van der Waals surface area contributed by atoms with Crippen LogP contribution in [0.5, 0.6) is 0 Å². The molecule has 31 heavy (non-hydrogen) atoms. The first-order valence-electron chi connectivity index (χ1n) is 8.88. The Labute approximate surface area is 195 Å². The molecule has 1 amide bonds. The van der Waals surface area contributed by atoms with Gasteiger partial charge in [0.25, 0.3) is 15.9 Å². The van der Waals surface area contributed by atoms with Crippen LogP contribution in [-0.2, 0) is 14.8 Å². The minimum atomic E-state index is -4.06. The second-order valence-electron chi connectivity index (χ2n) is 6.27. The van der Waals surface area contributed by atoms with Crippen molar-refractivity contribution < 1.29 is 13.2 Å². The van der Waals surface area contributed by atoms with Crippen LogP contribution in [0.1, 0.15) is 5.56 Å². The normalized spacial score (nSPS) is 11.5. The number of anilines is 1. The lowest BCUT2D eigenvalue weighted by atomic mass is 10.2. The van der Waals surface area contributed by atoms with Crippen LogP contribution in [0.4, 0.5) is 5.69 Å². The highest BCUT2D eigenvalue weighted by Crippen LogP contribution is 2.30. The Morgan fingerprint density at radius 3 is 2.35 bits per heavy atom.